The summed E-state index contributed by atoms with van der Waals surface area (Å²) in [6.45, 7) is 0. The van der Waals surface area contributed by atoms with Gasteiger partial charge in [-0.25, -0.2) is 0 Å². The predicted molar refractivity (Wildman–Crippen MR) is 252 cm³/mol. The van der Waals surface area contributed by atoms with Crippen molar-refractivity contribution < 1.29 is 4.42 Å². The SMILES string of the molecule is c1ccc2cc(-c3ccc4ccc5c(-c6ccc(-c7ccc(-c8cccc9ccccc89)cc7)c7oc8c9ccccc9ccc8c67)ccc6ccc3c4c65)ccc2c1. The molecule has 0 bridgehead atoms. The summed E-state index contributed by atoms with van der Waals surface area (Å²) in [6.07, 6.45) is 0. The Balaban J connectivity index is 1.04. The lowest BCUT2D eigenvalue weighted by molar-refractivity contribution is 0.674. The molecule has 0 aliphatic carbocycles. The van der Waals surface area contributed by atoms with E-state index >= 15 is 0 Å². The Hall–Kier alpha value is -7.74. The highest BCUT2D eigenvalue weighted by Gasteiger charge is 2.22. The van der Waals surface area contributed by atoms with Crippen LogP contribution in [0, 0.1) is 0 Å². The van der Waals surface area contributed by atoms with Crippen molar-refractivity contribution >= 4 is 86.6 Å². The molecule has 0 saturated heterocycles. The molecule has 1 nitrogen and oxygen atoms in total. The van der Waals surface area contributed by atoms with E-state index in [2.05, 4.69) is 206 Å². The summed E-state index contributed by atoms with van der Waals surface area (Å²) in [5.74, 6) is 0. The van der Waals surface area contributed by atoms with Gasteiger partial charge in [0.1, 0.15) is 11.2 Å². The summed E-state index contributed by atoms with van der Waals surface area (Å²) in [7, 11) is 0. The molecule has 0 aliphatic heterocycles. The van der Waals surface area contributed by atoms with E-state index in [9.17, 15) is 0 Å². The maximum Gasteiger partial charge on any atom is 0.143 e. The molecule has 0 saturated carbocycles. The maximum atomic E-state index is 7.11. The molecule has 1 heterocycles. The number of benzene rings is 12. The van der Waals surface area contributed by atoms with E-state index in [-0.39, 0.29) is 0 Å². The Morgan fingerprint density at radius 3 is 1.49 bits per heavy atom. The quantitative estimate of drug-likeness (QED) is 0.164. The van der Waals surface area contributed by atoms with Crippen LogP contribution in [0.25, 0.3) is 131 Å². The summed E-state index contributed by atoms with van der Waals surface area (Å²) in [5.41, 5.74) is 11.4. The van der Waals surface area contributed by atoms with Crippen LogP contribution in [-0.4, -0.2) is 0 Å². The molecule has 1 aromatic heterocycles. The van der Waals surface area contributed by atoms with Gasteiger partial charge in [0.25, 0.3) is 0 Å². The monoisotopic (exact) mass is 746 g/mol. The largest absolute Gasteiger partial charge is 0.455 e. The fourth-order valence-electron chi connectivity index (χ4n) is 10.0. The average molecular weight is 747 g/mol. The lowest BCUT2D eigenvalue weighted by Gasteiger charge is -2.17. The molecule has 272 valence electrons. The third kappa shape index (κ3) is 4.79. The van der Waals surface area contributed by atoms with Crippen LogP contribution in [0.3, 0.4) is 0 Å². The van der Waals surface area contributed by atoms with E-state index in [0.717, 1.165) is 38.5 Å². The predicted octanol–water partition coefficient (Wildman–Crippen LogP) is 16.6. The highest BCUT2D eigenvalue weighted by atomic mass is 16.3. The minimum absolute atomic E-state index is 0.913. The summed E-state index contributed by atoms with van der Waals surface area (Å²) >= 11 is 0. The van der Waals surface area contributed by atoms with Gasteiger partial charge in [-0.3, -0.25) is 0 Å². The summed E-state index contributed by atoms with van der Waals surface area (Å²) in [4.78, 5) is 0. The molecule has 0 radical (unpaired) electrons. The van der Waals surface area contributed by atoms with E-state index in [0.29, 0.717) is 0 Å². The van der Waals surface area contributed by atoms with Gasteiger partial charge in [-0.2, -0.15) is 0 Å². The van der Waals surface area contributed by atoms with Crippen molar-refractivity contribution in [1.82, 2.24) is 0 Å². The van der Waals surface area contributed by atoms with Crippen LogP contribution in [0.4, 0.5) is 0 Å². The van der Waals surface area contributed by atoms with E-state index < -0.39 is 0 Å². The molecule has 0 amide bonds. The third-order valence-electron chi connectivity index (χ3n) is 12.8. The van der Waals surface area contributed by atoms with Gasteiger partial charge in [-0.05, 0) is 116 Å². The van der Waals surface area contributed by atoms with Gasteiger partial charge in [-0.15, -0.1) is 0 Å². The molecular weight excluding hydrogens is 713 g/mol. The van der Waals surface area contributed by atoms with Crippen molar-refractivity contribution in [2.24, 2.45) is 0 Å². The van der Waals surface area contributed by atoms with Gasteiger partial charge in [-0.1, -0.05) is 188 Å². The lowest BCUT2D eigenvalue weighted by atomic mass is 9.86. The van der Waals surface area contributed by atoms with Gasteiger partial charge < -0.3 is 4.42 Å². The van der Waals surface area contributed by atoms with Crippen molar-refractivity contribution in [3.05, 3.63) is 206 Å². The summed E-state index contributed by atoms with van der Waals surface area (Å²) < 4.78 is 7.11. The first kappa shape index (κ1) is 32.4. The van der Waals surface area contributed by atoms with Gasteiger partial charge in [0.05, 0.1) is 0 Å². The zero-order valence-electron chi connectivity index (χ0n) is 32.0. The van der Waals surface area contributed by atoms with Crippen molar-refractivity contribution in [2.75, 3.05) is 0 Å². The Bertz CT molecular complexity index is 3820. The molecule has 13 rings (SSSR count). The first-order chi connectivity index (χ1) is 29.2. The van der Waals surface area contributed by atoms with Crippen LogP contribution < -0.4 is 0 Å². The van der Waals surface area contributed by atoms with Gasteiger partial charge in [0.15, 0.2) is 0 Å². The van der Waals surface area contributed by atoms with Crippen LogP contribution in [0.1, 0.15) is 0 Å². The molecule has 12 aromatic carbocycles. The number of hydrogen-bond donors (Lipinski definition) is 0. The van der Waals surface area contributed by atoms with E-state index in [1.807, 2.05) is 0 Å². The standard InChI is InChI=1S/C58H34O/c1-2-11-42-34-43(21-16-35(42)8-1)46-27-23-40-26-30-51-49(28-24-41-25-29-50(46)54(40)55(41)51)52-33-32-48(58-56(52)53-31-22-37-10-4-6-14-47(37)57(53)59-58)39-19-17-38(18-20-39)45-15-7-12-36-9-3-5-13-44(36)45/h1-34H. The second kappa shape index (κ2) is 12.4. The average Bonchev–Trinajstić information content (AvgIpc) is 3.71. The fraction of sp³-hybridized carbons (Fsp3) is 0. The van der Waals surface area contributed by atoms with Crippen molar-refractivity contribution in [3.8, 4) is 44.5 Å². The first-order valence-corrected chi connectivity index (χ1v) is 20.4. The Kier molecular flexibility index (Phi) is 6.79. The van der Waals surface area contributed by atoms with Crippen LogP contribution in [0.15, 0.2) is 211 Å². The summed E-state index contributed by atoms with van der Waals surface area (Å²) in [5, 5.41) is 17.3. The van der Waals surface area contributed by atoms with E-state index in [1.165, 1.54) is 92.6 Å². The van der Waals surface area contributed by atoms with Gasteiger partial charge in [0.2, 0.25) is 0 Å². The fourth-order valence-corrected chi connectivity index (χ4v) is 10.0. The zero-order valence-corrected chi connectivity index (χ0v) is 32.0. The highest BCUT2D eigenvalue weighted by Crippen LogP contribution is 2.48. The molecular formula is C58H34O. The Morgan fingerprint density at radius 1 is 0.220 bits per heavy atom. The highest BCUT2D eigenvalue weighted by molar-refractivity contribution is 6.30. The van der Waals surface area contributed by atoms with Crippen LogP contribution in [0.2, 0.25) is 0 Å². The molecule has 0 N–H and O–H groups in total. The van der Waals surface area contributed by atoms with Crippen molar-refractivity contribution in [3.63, 3.8) is 0 Å². The lowest BCUT2D eigenvalue weighted by Crippen LogP contribution is -1.90. The van der Waals surface area contributed by atoms with Crippen LogP contribution in [0.5, 0.6) is 0 Å². The van der Waals surface area contributed by atoms with E-state index in [4.69, 9.17) is 4.42 Å². The zero-order chi connectivity index (χ0) is 38.6. The minimum Gasteiger partial charge on any atom is -0.455 e. The molecule has 0 spiro atoms. The second-order valence-electron chi connectivity index (χ2n) is 15.9. The van der Waals surface area contributed by atoms with Crippen molar-refractivity contribution in [1.29, 1.82) is 0 Å². The minimum atomic E-state index is 0.913. The smallest absolute Gasteiger partial charge is 0.143 e. The van der Waals surface area contributed by atoms with Crippen molar-refractivity contribution in [2.45, 2.75) is 0 Å². The molecule has 0 unspecified atom stereocenters. The molecule has 1 heteroatoms. The Morgan fingerprint density at radius 2 is 0.712 bits per heavy atom. The molecule has 0 aliphatic rings. The molecule has 13 aromatic rings. The normalized spacial score (nSPS) is 12.1. The molecule has 0 atom stereocenters. The van der Waals surface area contributed by atoms with Gasteiger partial charge in [0, 0.05) is 21.7 Å². The first-order valence-electron chi connectivity index (χ1n) is 20.4. The van der Waals surface area contributed by atoms with Gasteiger partial charge >= 0.3 is 0 Å². The van der Waals surface area contributed by atoms with E-state index in [1.54, 1.807) is 0 Å². The number of hydrogen-bond acceptors (Lipinski definition) is 1. The van der Waals surface area contributed by atoms with Crippen LogP contribution in [-0.2, 0) is 0 Å². The number of furan rings is 1. The number of fused-ring (bicyclic) bond motifs is 7. The maximum absolute atomic E-state index is 7.11. The topological polar surface area (TPSA) is 13.1 Å². The molecule has 59 heavy (non-hydrogen) atoms. The van der Waals surface area contributed by atoms with Crippen LogP contribution >= 0.6 is 0 Å². The third-order valence-corrected chi connectivity index (χ3v) is 12.8. The second-order valence-corrected chi connectivity index (χ2v) is 15.9. The Labute approximate surface area is 340 Å². The number of rotatable bonds is 4. The molecule has 0 fully saturated rings. The summed E-state index contributed by atoms with van der Waals surface area (Å²) in [6, 6.07) is 75.8.